The molecule has 3 heterocycles. The van der Waals surface area contributed by atoms with Crippen LogP contribution in [-0.2, 0) is 38.8 Å². The molecule has 2 aromatic heterocycles. The summed E-state index contributed by atoms with van der Waals surface area (Å²) < 4.78 is 19.2. The molecule has 2 aromatic carbocycles. The fourth-order valence-electron chi connectivity index (χ4n) is 5.96. The number of amides is 1. The predicted octanol–water partition coefficient (Wildman–Crippen LogP) is 4.94. The van der Waals surface area contributed by atoms with Crippen LogP contribution in [0.2, 0.25) is 0 Å². The Morgan fingerprint density at radius 1 is 1.02 bits per heavy atom. The van der Waals surface area contributed by atoms with Crippen molar-refractivity contribution in [3.05, 3.63) is 59.9 Å². The minimum Gasteiger partial charge on any atom is -0.476 e. The molecule has 46 heavy (non-hydrogen) atoms. The molecule has 0 spiro atoms. The van der Waals surface area contributed by atoms with Gasteiger partial charge in [-0.3, -0.25) is 9.69 Å². The van der Waals surface area contributed by atoms with Gasteiger partial charge >= 0.3 is 5.97 Å². The molecule has 1 fully saturated rings. The average molecular weight is 631 g/mol. The number of nitrogens with two attached hydrogens (primary N) is 1. The second-order valence-electron chi connectivity index (χ2n) is 12.2. The van der Waals surface area contributed by atoms with Gasteiger partial charge in [-0.15, -0.1) is 0 Å². The fourth-order valence-corrected chi connectivity index (χ4v) is 5.96. The van der Waals surface area contributed by atoms with Crippen molar-refractivity contribution >= 4 is 39.6 Å². The third-order valence-electron chi connectivity index (χ3n) is 8.26. The quantitative estimate of drug-likeness (QED) is 0.182. The lowest BCUT2D eigenvalue weighted by atomic mass is 10.1. The van der Waals surface area contributed by atoms with Crippen molar-refractivity contribution in [2.24, 2.45) is 0 Å². The lowest BCUT2D eigenvalue weighted by molar-refractivity contribution is -0.158. The van der Waals surface area contributed by atoms with Crippen LogP contribution >= 0.6 is 0 Å². The van der Waals surface area contributed by atoms with E-state index in [1.54, 1.807) is 20.8 Å². The number of likely N-dealkylation sites (tertiary alicyclic amines) is 1. The Bertz CT molecular complexity index is 1660. The summed E-state index contributed by atoms with van der Waals surface area (Å²) >= 11 is 0. The van der Waals surface area contributed by atoms with Crippen LogP contribution in [0.3, 0.4) is 0 Å². The molecule has 11 nitrogen and oxygen atoms in total. The second kappa shape index (κ2) is 14.9. The van der Waals surface area contributed by atoms with Crippen LogP contribution in [0.4, 0.5) is 5.82 Å². The maximum absolute atomic E-state index is 13.7. The number of ether oxygens (including phenoxy) is 3. The molecule has 0 saturated carbocycles. The van der Waals surface area contributed by atoms with E-state index in [1.807, 2.05) is 60.4 Å². The van der Waals surface area contributed by atoms with Crippen molar-refractivity contribution in [2.75, 3.05) is 45.1 Å². The van der Waals surface area contributed by atoms with Crippen molar-refractivity contribution in [3.63, 3.8) is 0 Å². The molecule has 246 valence electrons. The highest BCUT2D eigenvalue weighted by atomic mass is 16.6. The zero-order valence-electron chi connectivity index (χ0n) is 27.5. The summed E-state index contributed by atoms with van der Waals surface area (Å²) in [5, 5.41) is 0.978. The van der Waals surface area contributed by atoms with E-state index in [0.29, 0.717) is 62.9 Å². The lowest BCUT2D eigenvalue weighted by Gasteiger charge is -2.27. The highest BCUT2D eigenvalue weighted by Gasteiger charge is 2.31. The molecule has 0 aliphatic carbocycles. The summed E-state index contributed by atoms with van der Waals surface area (Å²) in [6, 6.07) is 15.5. The Kier molecular flexibility index (Phi) is 10.7. The number of rotatable bonds is 15. The number of fused-ring (bicyclic) bond motifs is 3. The molecule has 0 radical (unpaired) electrons. The van der Waals surface area contributed by atoms with E-state index in [4.69, 9.17) is 24.9 Å². The van der Waals surface area contributed by atoms with Gasteiger partial charge < -0.3 is 29.4 Å². The van der Waals surface area contributed by atoms with E-state index >= 15 is 0 Å². The Morgan fingerprint density at radius 3 is 2.57 bits per heavy atom. The Balaban J connectivity index is 1.38. The number of benzene rings is 2. The molecule has 11 heteroatoms. The Morgan fingerprint density at radius 2 is 1.80 bits per heavy atom. The van der Waals surface area contributed by atoms with Crippen LogP contribution < -0.4 is 10.5 Å². The zero-order chi connectivity index (χ0) is 32.7. The number of hydrogen-bond donors (Lipinski definition) is 1. The van der Waals surface area contributed by atoms with Gasteiger partial charge in [-0.2, -0.15) is 0 Å². The molecule has 0 bridgehead atoms. The number of nitrogen functional groups attached to an aromatic ring is 1. The van der Waals surface area contributed by atoms with Crippen LogP contribution in [-0.4, -0.2) is 81.2 Å². The minimum atomic E-state index is -1.14. The molecular weight excluding hydrogens is 584 g/mol. The first-order valence-corrected chi connectivity index (χ1v) is 16.3. The van der Waals surface area contributed by atoms with E-state index in [2.05, 4.69) is 14.5 Å². The SMILES string of the molecule is CCOCc1nc2c(N)nc3ccccc3c2n1CCCN(Cc1cccc(OC(C)(C)C(=O)OCC)c1)C(=O)CN1CCCC1. The van der Waals surface area contributed by atoms with Gasteiger partial charge in [0, 0.05) is 31.6 Å². The predicted molar refractivity (Wildman–Crippen MR) is 178 cm³/mol. The van der Waals surface area contributed by atoms with Crippen molar-refractivity contribution in [2.45, 2.75) is 72.3 Å². The fraction of sp³-hybridized carbons (Fsp3) is 0.486. The van der Waals surface area contributed by atoms with Gasteiger partial charge in [0.2, 0.25) is 5.91 Å². The third-order valence-corrected chi connectivity index (χ3v) is 8.26. The number of aryl methyl sites for hydroxylation is 1. The molecular formula is C35H46N6O5. The van der Waals surface area contributed by atoms with E-state index < -0.39 is 11.6 Å². The average Bonchev–Trinajstić information content (AvgIpc) is 3.68. The normalized spacial score (nSPS) is 13.8. The largest absolute Gasteiger partial charge is 0.476 e. The monoisotopic (exact) mass is 630 g/mol. The lowest BCUT2D eigenvalue weighted by Crippen LogP contribution is -2.40. The molecule has 1 amide bonds. The highest BCUT2D eigenvalue weighted by molar-refractivity contribution is 6.06. The molecule has 4 aromatic rings. The number of para-hydroxylation sites is 1. The molecule has 1 aliphatic rings. The standard InChI is InChI=1S/C35H46N6O5/c1-5-44-24-29-38-31-32(27-15-7-8-16-28(27)37-33(31)36)41(29)20-12-19-40(30(42)23-39-17-9-10-18-39)22-25-13-11-14-26(21-25)46-35(3,4)34(43)45-6-2/h7-8,11,13-16,21H,5-6,9-10,12,17-20,22-24H2,1-4H3,(H2,36,37). The van der Waals surface area contributed by atoms with E-state index in [1.165, 1.54) is 0 Å². The van der Waals surface area contributed by atoms with Gasteiger partial charge in [0.15, 0.2) is 11.4 Å². The summed E-state index contributed by atoms with van der Waals surface area (Å²) in [4.78, 5) is 39.7. The number of anilines is 1. The number of carbonyl (C=O) groups is 2. The molecule has 0 atom stereocenters. The van der Waals surface area contributed by atoms with E-state index in [-0.39, 0.29) is 12.5 Å². The molecule has 2 N–H and O–H groups in total. The smallest absolute Gasteiger partial charge is 0.349 e. The number of esters is 1. The Labute approximate surface area is 270 Å². The maximum atomic E-state index is 13.7. The summed E-state index contributed by atoms with van der Waals surface area (Å²) in [5.41, 5.74) is 8.56. The number of carbonyl (C=O) groups excluding carboxylic acids is 2. The van der Waals surface area contributed by atoms with Crippen LogP contribution in [0.5, 0.6) is 5.75 Å². The number of hydrogen-bond acceptors (Lipinski definition) is 9. The molecule has 1 saturated heterocycles. The van der Waals surface area contributed by atoms with E-state index in [9.17, 15) is 9.59 Å². The van der Waals surface area contributed by atoms with Crippen LogP contribution in [0.25, 0.3) is 21.9 Å². The third kappa shape index (κ3) is 7.76. The van der Waals surface area contributed by atoms with Crippen molar-refractivity contribution in [3.8, 4) is 5.75 Å². The first-order chi connectivity index (χ1) is 22.2. The van der Waals surface area contributed by atoms with Crippen molar-refractivity contribution < 1.29 is 23.8 Å². The number of nitrogens with zero attached hydrogens (tertiary/aromatic N) is 5. The summed E-state index contributed by atoms with van der Waals surface area (Å²) in [6.07, 6.45) is 2.93. The topological polar surface area (TPSA) is 125 Å². The van der Waals surface area contributed by atoms with Gasteiger partial charge in [0.1, 0.15) is 23.7 Å². The van der Waals surface area contributed by atoms with Crippen LogP contribution in [0.1, 0.15) is 58.3 Å². The summed E-state index contributed by atoms with van der Waals surface area (Å²) in [7, 11) is 0. The van der Waals surface area contributed by atoms with Crippen LogP contribution in [0, 0.1) is 0 Å². The van der Waals surface area contributed by atoms with Gasteiger partial charge in [0.25, 0.3) is 0 Å². The molecule has 5 rings (SSSR count). The number of imidazole rings is 1. The number of pyridine rings is 1. The van der Waals surface area contributed by atoms with Gasteiger partial charge in [-0.25, -0.2) is 14.8 Å². The maximum Gasteiger partial charge on any atom is 0.349 e. The summed E-state index contributed by atoms with van der Waals surface area (Å²) in [5.74, 6) is 1.38. The molecule has 0 unspecified atom stereocenters. The highest BCUT2D eigenvalue weighted by Crippen LogP contribution is 2.29. The molecule has 1 aliphatic heterocycles. The van der Waals surface area contributed by atoms with Gasteiger partial charge in [-0.1, -0.05) is 30.3 Å². The zero-order valence-corrected chi connectivity index (χ0v) is 27.5. The summed E-state index contributed by atoms with van der Waals surface area (Å²) in [6.45, 7) is 12.2. The minimum absolute atomic E-state index is 0.0870. The first kappa shape index (κ1) is 33.2. The second-order valence-corrected chi connectivity index (χ2v) is 12.2. The van der Waals surface area contributed by atoms with Crippen molar-refractivity contribution in [1.29, 1.82) is 0 Å². The van der Waals surface area contributed by atoms with Crippen molar-refractivity contribution in [1.82, 2.24) is 24.3 Å². The van der Waals surface area contributed by atoms with E-state index in [0.717, 1.165) is 53.7 Å². The number of aromatic nitrogens is 3. The first-order valence-electron chi connectivity index (χ1n) is 16.3. The Hall–Kier alpha value is -4.22. The van der Waals surface area contributed by atoms with Gasteiger partial charge in [-0.05, 0) is 83.8 Å². The van der Waals surface area contributed by atoms with Gasteiger partial charge in [0.05, 0.1) is 24.2 Å². The van der Waals surface area contributed by atoms with Crippen LogP contribution in [0.15, 0.2) is 48.5 Å².